The summed E-state index contributed by atoms with van der Waals surface area (Å²) in [5, 5.41) is 18.5. The van der Waals surface area contributed by atoms with Gasteiger partial charge in [0.25, 0.3) is 0 Å². The number of aromatic amines is 1. The molecule has 1 aliphatic rings. The second-order valence-electron chi connectivity index (χ2n) is 10.5. The van der Waals surface area contributed by atoms with Crippen molar-refractivity contribution in [2.75, 3.05) is 12.3 Å². The molecule has 2 atom stereocenters. The number of carbonyl (C=O) groups is 1. The van der Waals surface area contributed by atoms with Crippen LogP contribution in [0.1, 0.15) is 37.0 Å². The number of fused-ring (bicyclic) bond motifs is 1. The molecule has 2 amide bonds. The minimum absolute atomic E-state index is 0.0584. The first-order valence-electron chi connectivity index (χ1n) is 13.0. The van der Waals surface area contributed by atoms with Crippen LogP contribution in [0, 0.1) is 0 Å². The zero-order chi connectivity index (χ0) is 26.7. The van der Waals surface area contributed by atoms with Crippen molar-refractivity contribution in [1.82, 2.24) is 20.0 Å². The Balaban J connectivity index is 1.50. The minimum Gasteiger partial charge on any atom is -0.382 e. The minimum atomic E-state index is -1.33. The van der Waals surface area contributed by atoms with Gasteiger partial charge in [0.2, 0.25) is 0 Å². The van der Waals surface area contributed by atoms with E-state index < -0.39 is 5.79 Å². The Hall–Kier alpha value is -3.88. The molecular weight excluding hydrogens is 478 g/mol. The maximum Gasteiger partial charge on any atom is 0.320 e. The number of anilines is 1. The van der Waals surface area contributed by atoms with Crippen LogP contribution in [0.25, 0.3) is 10.9 Å². The summed E-state index contributed by atoms with van der Waals surface area (Å²) in [6.07, 6.45) is 0.847. The topological polar surface area (TPSA) is 108 Å². The first kappa shape index (κ1) is 25.8. The fourth-order valence-corrected chi connectivity index (χ4v) is 5.21. The van der Waals surface area contributed by atoms with Gasteiger partial charge in [-0.3, -0.25) is 5.10 Å². The molecule has 0 radical (unpaired) electrons. The molecule has 0 aliphatic carbocycles. The Kier molecular flexibility index (Phi) is 7.35. The van der Waals surface area contributed by atoms with Crippen LogP contribution >= 0.6 is 0 Å². The van der Waals surface area contributed by atoms with Gasteiger partial charge in [0, 0.05) is 25.0 Å². The molecule has 2 unspecified atom stereocenters. The molecule has 2 heterocycles. The van der Waals surface area contributed by atoms with Crippen LogP contribution in [0.2, 0.25) is 0 Å². The molecule has 4 aromatic rings. The largest absolute Gasteiger partial charge is 0.382 e. The van der Waals surface area contributed by atoms with Crippen LogP contribution in [0.15, 0.2) is 78.9 Å². The highest BCUT2D eigenvalue weighted by Crippen LogP contribution is 2.29. The highest BCUT2D eigenvalue weighted by molar-refractivity contribution is 5.89. The van der Waals surface area contributed by atoms with E-state index in [1.54, 1.807) is 13.8 Å². The van der Waals surface area contributed by atoms with Crippen LogP contribution < -0.4 is 5.73 Å². The number of amides is 2. The van der Waals surface area contributed by atoms with Gasteiger partial charge in [-0.2, -0.15) is 5.10 Å². The predicted molar refractivity (Wildman–Crippen MR) is 148 cm³/mol. The van der Waals surface area contributed by atoms with Crippen LogP contribution in [-0.4, -0.2) is 55.6 Å². The summed E-state index contributed by atoms with van der Waals surface area (Å²) >= 11 is 0. The lowest BCUT2D eigenvalue weighted by atomic mass is 9.97. The SMILES string of the molecule is CC(C)(O)OC1CCN(Cc2ccc3[nH]nc(N)c3c2)C(=O)N(Cc2ccccc2)C1Cc1ccccc1. The van der Waals surface area contributed by atoms with Crippen molar-refractivity contribution < 1.29 is 14.6 Å². The van der Waals surface area contributed by atoms with Crippen molar-refractivity contribution >= 4 is 22.8 Å². The monoisotopic (exact) mass is 513 g/mol. The summed E-state index contributed by atoms with van der Waals surface area (Å²) in [4.78, 5) is 18.0. The van der Waals surface area contributed by atoms with Crippen LogP contribution in [0.4, 0.5) is 10.6 Å². The number of aromatic nitrogens is 2. The quantitative estimate of drug-likeness (QED) is 0.296. The average Bonchev–Trinajstić information content (AvgIpc) is 3.23. The van der Waals surface area contributed by atoms with Crippen LogP contribution in [0.3, 0.4) is 0 Å². The van der Waals surface area contributed by atoms with Crippen molar-refractivity contribution in [3.05, 3.63) is 95.6 Å². The predicted octanol–water partition coefficient (Wildman–Crippen LogP) is 4.70. The molecule has 1 saturated heterocycles. The molecule has 0 saturated carbocycles. The maximum atomic E-state index is 14.2. The number of H-pyrrole nitrogens is 1. The highest BCUT2D eigenvalue weighted by atomic mass is 16.6. The second kappa shape index (κ2) is 10.8. The lowest BCUT2D eigenvalue weighted by molar-refractivity contribution is -0.216. The fraction of sp³-hybridized carbons (Fsp3) is 0.333. The van der Waals surface area contributed by atoms with E-state index in [2.05, 4.69) is 22.3 Å². The Morgan fingerprint density at radius 3 is 2.37 bits per heavy atom. The molecule has 1 fully saturated rings. The van der Waals surface area contributed by atoms with E-state index in [1.807, 2.05) is 76.5 Å². The summed E-state index contributed by atoms with van der Waals surface area (Å²) in [5.41, 5.74) is 10.0. The number of ether oxygens (including phenoxy) is 1. The third-order valence-corrected chi connectivity index (χ3v) is 6.98. The number of rotatable bonds is 8. The maximum absolute atomic E-state index is 14.2. The Morgan fingerprint density at radius 1 is 1.00 bits per heavy atom. The van der Waals surface area contributed by atoms with Crippen molar-refractivity contribution in [2.45, 2.75) is 57.7 Å². The number of nitrogens with zero attached hydrogens (tertiary/aromatic N) is 3. The molecule has 8 nitrogen and oxygen atoms in total. The highest BCUT2D eigenvalue weighted by Gasteiger charge is 2.39. The number of aliphatic hydroxyl groups is 1. The van der Waals surface area contributed by atoms with Crippen molar-refractivity contribution in [2.24, 2.45) is 0 Å². The number of urea groups is 1. The van der Waals surface area contributed by atoms with Gasteiger partial charge in [0.05, 0.1) is 17.7 Å². The zero-order valence-electron chi connectivity index (χ0n) is 21.9. The third-order valence-electron chi connectivity index (χ3n) is 6.98. The number of hydrogen-bond donors (Lipinski definition) is 3. The summed E-state index contributed by atoms with van der Waals surface area (Å²) in [5.74, 6) is -0.892. The van der Waals surface area contributed by atoms with E-state index >= 15 is 0 Å². The zero-order valence-corrected chi connectivity index (χ0v) is 21.9. The average molecular weight is 514 g/mol. The number of benzene rings is 3. The van der Waals surface area contributed by atoms with Crippen molar-refractivity contribution in [3.8, 4) is 0 Å². The first-order chi connectivity index (χ1) is 18.3. The fourth-order valence-electron chi connectivity index (χ4n) is 5.21. The summed E-state index contributed by atoms with van der Waals surface area (Å²) in [7, 11) is 0. The van der Waals surface area contributed by atoms with E-state index in [1.165, 1.54) is 0 Å². The van der Waals surface area contributed by atoms with Gasteiger partial charge in [-0.1, -0.05) is 66.7 Å². The molecule has 3 aromatic carbocycles. The van der Waals surface area contributed by atoms with Gasteiger partial charge in [0.15, 0.2) is 11.6 Å². The van der Waals surface area contributed by atoms with Gasteiger partial charge in [-0.25, -0.2) is 4.79 Å². The molecule has 198 valence electrons. The van der Waals surface area contributed by atoms with Gasteiger partial charge in [-0.15, -0.1) is 0 Å². The lowest BCUT2D eigenvalue weighted by Gasteiger charge is -2.38. The van der Waals surface area contributed by atoms with E-state index in [4.69, 9.17) is 10.5 Å². The molecule has 0 bridgehead atoms. The van der Waals surface area contributed by atoms with E-state index in [0.717, 1.165) is 27.6 Å². The standard InChI is InChI=1S/C30H35N5O3/c1-30(2,37)38-27-15-16-34(19-23-13-14-25-24(17-23)28(31)33-32-25)29(36)35(20-22-11-7-4-8-12-22)26(27)18-21-9-5-3-6-10-21/h3-14,17,26-27,37H,15-16,18-20H2,1-2H3,(H3,31,32,33). The second-order valence-corrected chi connectivity index (χ2v) is 10.5. The normalized spacial score (nSPS) is 18.7. The van der Waals surface area contributed by atoms with Crippen molar-refractivity contribution in [1.29, 1.82) is 0 Å². The first-order valence-corrected chi connectivity index (χ1v) is 13.0. The van der Waals surface area contributed by atoms with Gasteiger partial charge >= 0.3 is 6.03 Å². The smallest absolute Gasteiger partial charge is 0.320 e. The molecule has 8 heteroatoms. The van der Waals surface area contributed by atoms with Gasteiger partial charge < -0.3 is 25.4 Å². The van der Waals surface area contributed by atoms with Gasteiger partial charge in [-0.05, 0) is 55.5 Å². The molecular formula is C30H35N5O3. The Bertz CT molecular complexity index is 1370. The number of nitrogen functional groups attached to an aromatic ring is 1. The summed E-state index contributed by atoms with van der Waals surface area (Å²) in [6.45, 7) is 4.65. The summed E-state index contributed by atoms with van der Waals surface area (Å²) < 4.78 is 6.23. The summed E-state index contributed by atoms with van der Waals surface area (Å²) in [6, 6.07) is 25.7. The number of hydrogen-bond acceptors (Lipinski definition) is 5. The number of carbonyl (C=O) groups excluding carboxylic acids is 1. The van der Waals surface area contributed by atoms with E-state index in [-0.39, 0.29) is 18.2 Å². The molecule has 0 spiro atoms. The molecule has 1 aliphatic heterocycles. The number of nitrogens with two attached hydrogens (primary N) is 1. The third kappa shape index (κ3) is 5.98. The lowest BCUT2D eigenvalue weighted by Crippen LogP contribution is -2.51. The Morgan fingerprint density at radius 2 is 1.68 bits per heavy atom. The van der Waals surface area contributed by atoms with E-state index in [0.29, 0.717) is 38.3 Å². The van der Waals surface area contributed by atoms with E-state index in [9.17, 15) is 9.90 Å². The van der Waals surface area contributed by atoms with Crippen LogP contribution in [0.5, 0.6) is 0 Å². The Labute approximate surface area is 223 Å². The van der Waals surface area contributed by atoms with Gasteiger partial charge in [0.1, 0.15) is 0 Å². The molecule has 4 N–H and O–H groups in total. The molecule has 1 aromatic heterocycles. The van der Waals surface area contributed by atoms with Crippen molar-refractivity contribution in [3.63, 3.8) is 0 Å². The molecule has 5 rings (SSSR count). The number of nitrogens with one attached hydrogen (secondary N) is 1. The molecule has 38 heavy (non-hydrogen) atoms. The van der Waals surface area contributed by atoms with Crippen LogP contribution in [-0.2, 0) is 24.2 Å².